The van der Waals surface area contributed by atoms with Crippen molar-refractivity contribution in [2.75, 3.05) is 18.5 Å². The second-order valence-corrected chi connectivity index (χ2v) is 4.71. The largest absolute Gasteiger partial charge is 0.395 e. The summed E-state index contributed by atoms with van der Waals surface area (Å²) < 4.78 is 0. The van der Waals surface area contributed by atoms with Gasteiger partial charge in [0.1, 0.15) is 5.82 Å². The van der Waals surface area contributed by atoms with E-state index in [0.717, 1.165) is 11.3 Å². The summed E-state index contributed by atoms with van der Waals surface area (Å²) in [5, 5.41) is 20.1. The zero-order valence-electron chi connectivity index (χ0n) is 11.6. The Hall–Kier alpha value is -1.94. The molecule has 1 heterocycles. The minimum atomic E-state index is 0.0830. The number of aryl methyl sites for hydroxylation is 3. The van der Waals surface area contributed by atoms with Gasteiger partial charge < -0.3 is 10.4 Å². The lowest BCUT2D eigenvalue weighted by Crippen LogP contribution is -2.07. The maximum atomic E-state index is 8.74. The Kier molecular flexibility index (Phi) is 4.12. The molecule has 0 aliphatic carbocycles. The molecule has 0 saturated heterocycles. The van der Waals surface area contributed by atoms with Crippen molar-refractivity contribution < 1.29 is 5.11 Å². The van der Waals surface area contributed by atoms with E-state index >= 15 is 0 Å². The van der Waals surface area contributed by atoms with Crippen LogP contribution in [0.25, 0.3) is 11.3 Å². The number of aliphatic hydroxyl groups is 1. The molecule has 2 rings (SSSR count). The molecule has 0 fully saturated rings. The molecule has 0 amide bonds. The predicted octanol–water partition coefficient (Wildman–Crippen LogP) is 2.47. The number of anilines is 1. The van der Waals surface area contributed by atoms with Gasteiger partial charge in [0.05, 0.1) is 12.3 Å². The average molecular weight is 257 g/mol. The molecule has 0 aliphatic rings. The van der Waals surface area contributed by atoms with Crippen molar-refractivity contribution in [3.8, 4) is 11.3 Å². The minimum absolute atomic E-state index is 0.0830. The summed E-state index contributed by atoms with van der Waals surface area (Å²) in [6, 6.07) is 8.15. The van der Waals surface area contributed by atoms with Gasteiger partial charge in [-0.1, -0.05) is 6.07 Å². The Morgan fingerprint density at radius 2 is 1.74 bits per heavy atom. The highest BCUT2D eigenvalue weighted by atomic mass is 16.3. The van der Waals surface area contributed by atoms with Crippen molar-refractivity contribution in [3.63, 3.8) is 0 Å². The standard InChI is InChI=1S/C15H19N3O/c1-10-8-12(3)13(9-11(10)2)14-4-5-15(18-17-14)16-6-7-19/h4-5,8-9,19H,6-7H2,1-3H3,(H,16,18). The van der Waals surface area contributed by atoms with E-state index in [1.165, 1.54) is 16.7 Å². The molecular weight excluding hydrogens is 238 g/mol. The van der Waals surface area contributed by atoms with Gasteiger partial charge in [0.25, 0.3) is 0 Å². The van der Waals surface area contributed by atoms with E-state index in [2.05, 4.69) is 48.4 Å². The molecule has 1 aromatic carbocycles. The molecule has 0 unspecified atom stereocenters. The van der Waals surface area contributed by atoms with E-state index in [9.17, 15) is 0 Å². The Bertz CT molecular complexity index is 564. The van der Waals surface area contributed by atoms with Gasteiger partial charge in [0, 0.05) is 12.1 Å². The summed E-state index contributed by atoms with van der Waals surface area (Å²) in [5.74, 6) is 0.680. The molecule has 0 atom stereocenters. The Morgan fingerprint density at radius 1 is 1.00 bits per heavy atom. The van der Waals surface area contributed by atoms with E-state index in [4.69, 9.17) is 5.11 Å². The zero-order chi connectivity index (χ0) is 13.8. The molecule has 4 nitrogen and oxygen atoms in total. The van der Waals surface area contributed by atoms with E-state index in [-0.39, 0.29) is 6.61 Å². The van der Waals surface area contributed by atoms with Crippen LogP contribution in [0.1, 0.15) is 16.7 Å². The first-order chi connectivity index (χ1) is 9.11. The monoisotopic (exact) mass is 257 g/mol. The van der Waals surface area contributed by atoms with Crippen LogP contribution in [0.2, 0.25) is 0 Å². The number of hydrogen-bond donors (Lipinski definition) is 2. The number of hydrogen-bond acceptors (Lipinski definition) is 4. The van der Waals surface area contributed by atoms with Gasteiger partial charge in [-0.2, -0.15) is 0 Å². The maximum absolute atomic E-state index is 8.74. The molecule has 2 N–H and O–H groups in total. The number of nitrogens with one attached hydrogen (secondary N) is 1. The van der Waals surface area contributed by atoms with Gasteiger partial charge in [0.15, 0.2) is 0 Å². The SMILES string of the molecule is Cc1cc(C)c(-c2ccc(NCCO)nn2)cc1C. The van der Waals surface area contributed by atoms with Crippen LogP contribution < -0.4 is 5.32 Å². The summed E-state index contributed by atoms with van der Waals surface area (Å²) in [6.45, 7) is 6.86. The van der Waals surface area contributed by atoms with Crippen molar-refractivity contribution in [2.24, 2.45) is 0 Å². The number of nitrogens with zero attached hydrogens (tertiary/aromatic N) is 2. The third-order valence-electron chi connectivity index (χ3n) is 3.20. The van der Waals surface area contributed by atoms with Crippen LogP contribution in [0.4, 0.5) is 5.82 Å². The molecule has 1 aromatic heterocycles. The number of rotatable bonds is 4. The third kappa shape index (κ3) is 3.09. The molecule has 100 valence electrons. The smallest absolute Gasteiger partial charge is 0.148 e. The van der Waals surface area contributed by atoms with Crippen LogP contribution >= 0.6 is 0 Å². The molecule has 19 heavy (non-hydrogen) atoms. The molecule has 0 spiro atoms. The van der Waals surface area contributed by atoms with E-state index in [1.54, 1.807) is 0 Å². The van der Waals surface area contributed by atoms with Gasteiger partial charge in [0.2, 0.25) is 0 Å². The van der Waals surface area contributed by atoms with E-state index in [1.807, 2.05) is 12.1 Å². The fourth-order valence-corrected chi connectivity index (χ4v) is 1.99. The molecule has 2 aromatic rings. The fraction of sp³-hybridized carbons (Fsp3) is 0.333. The van der Waals surface area contributed by atoms with Gasteiger partial charge in [-0.15, -0.1) is 10.2 Å². The van der Waals surface area contributed by atoms with Gasteiger partial charge >= 0.3 is 0 Å². The second-order valence-electron chi connectivity index (χ2n) is 4.71. The Balaban J connectivity index is 2.29. The summed E-state index contributed by atoms with van der Waals surface area (Å²) in [4.78, 5) is 0. The third-order valence-corrected chi connectivity index (χ3v) is 3.20. The summed E-state index contributed by atoms with van der Waals surface area (Å²) in [5.41, 5.74) is 5.73. The quantitative estimate of drug-likeness (QED) is 0.883. The molecule has 0 radical (unpaired) electrons. The highest BCUT2D eigenvalue weighted by Gasteiger charge is 2.06. The van der Waals surface area contributed by atoms with Gasteiger partial charge in [-0.3, -0.25) is 0 Å². The van der Waals surface area contributed by atoms with E-state index in [0.29, 0.717) is 12.4 Å². The molecule has 0 bridgehead atoms. The molecule has 0 saturated carbocycles. The van der Waals surface area contributed by atoms with Gasteiger partial charge in [-0.05, 0) is 55.7 Å². The van der Waals surface area contributed by atoms with Crippen molar-refractivity contribution in [2.45, 2.75) is 20.8 Å². The lowest BCUT2D eigenvalue weighted by atomic mass is 9.99. The minimum Gasteiger partial charge on any atom is -0.395 e. The van der Waals surface area contributed by atoms with Crippen molar-refractivity contribution in [1.29, 1.82) is 0 Å². The zero-order valence-corrected chi connectivity index (χ0v) is 11.6. The number of benzene rings is 1. The molecule has 0 aliphatic heterocycles. The Morgan fingerprint density at radius 3 is 2.37 bits per heavy atom. The highest BCUT2D eigenvalue weighted by Crippen LogP contribution is 2.24. The van der Waals surface area contributed by atoms with Crippen LogP contribution in [0.3, 0.4) is 0 Å². The van der Waals surface area contributed by atoms with Crippen LogP contribution in [0, 0.1) is 20.8 Å². The normalized spacial score (nSPS) is 10.5. The average Bonchev–Trinajstić information content (AvgIpc) is 2.41. The number of aromatic nitrogens is 2. The maximum Gasteiger partial charge on any atom is 0.148 e. The van der Waals surface area contributed by atoms with Crippen LogP contribution in [0.15, 0.2) is 24.3 Å². The summed E-state index contributed by atoms with van der Waals surface area (Å²) >= 11 is 0. The molecular formula is C15H19N3O. The second kappa shape index (κ2) is 5.80. The van der Waals surface area contributed by atoms with Gasteiger partial charge in [-0.25, -0.2) is 0 Å². The first kappa shape index (κ1) is 13.5. The molecule has 4 heteroatoms. The lowest BCUT2D eigenvalue weighted by Gasteiger charge is -2.09. The topological polar surface area (TPSA) is 58.0 Å². The fourth-order valence-electron chi connectivity index (χ4n) is 1.99. The summed E-state index contributed by atoms with van der Waals surface area (Å²) in [7, 11) is 0. The van der Waals surface area contributed by atoms with Crippen molar-refractivity contribution in [1.82, 2.24) is 10.2 Å². The van der Waals surface area contributed by atoms with Crippen molar-refractivity contribution in [3.05, 3.63) is 41.0 Å². The lowest BCUT2D eigenvalue weighted by molar-refractivity contribution is 0.311. The number of aliphatic hydroxyl groups excluding tert-OH is 1. The first-order valence-electron chi connectivity index (χ1n) is 6.38. The van der Waals surface area contributed by atoms with E-state index < -0.39 is 0 Å². The van der Waals surface area contributed by atoms with Crippen LogP contribution in [0.5, 0.6) is 0 Å². The van der Waals surface area contributed by atoms with Crippen LogP contribution in [-0.4, -0.2) is 28.5 Å². The first-order valence-corrected chi connectivity index (χ1v) is 6.38. The predicted molar refractivity (Wildman–Crippen MR) is 77.3 cm³/mol. The Labute approximate surface area is 113 Å². The summed E-state index contributed by atoms with van der Waals surface area (Å²) in [6.07, 6.45) is 0. The highest BCUT2D eigenvalue weighted by molar-refractivity contribution is 5.65. The van der Waals surface area contributed by atoms with Crippen LogP contribution in [-0.2, 0) is 0 Å². The van der Waals surface area contributed by atoms with Crippen molar-refractivity contribution >= 4 is 5.82 Å².